The Morgan fingerprint density at radius 1 is 1.08 bits per heavy atom. The van der Waals surface area contributed by atoms with Crippen molar-refractivity contribution < 1.29 is 4.79 Å². The van der Waals surface area contributed by atoms with Crippen molar-refractivity contribution in [1.29, 1.82) is 5.26 Å². The number of nitrogens with zero attached hydrogens (tertiary/aromatic N) is 3. The molecule has 0 aromatic heterocycles. The predicted molar refractivity (Wildman–Crippen MR) is 101 cm³/mol. The molecule has 5 nitrogen and oxygen atoms in total. The van der Waals surface area contributed by atoms with Gasteiger partial charge in [-0.1, -0.05) is 12.1 Å². The maximum Gasteiger partial charge on any atom is 0.241 e. The first kappa shape index (κ1) is 18.5. The molecule has 25 heavy (non-hydrogen) atoms. The first-order valence-corrected chi connectivity index (χ1v) is 8.18. The highest BCUT2D eigenvalue weighted by molar-refractivity contribution is 5.94. The molecule has 0 saturated carbocycles. The fourth-order valence-electron chi connectivity index (χ4n) is 2.40. The number of carbonyl (C=O) groups excluding carboxylic acids is 1. The molecule has 0 fully saturated rings. The second-order valence-electron chi connectivity index (χ2n) is 6.33. The largest absolute Gasteiger partial charge is 0.378 e. The van der Waals surface area contributed by atoms with Crippen LogP contribution in [0.2, 0.25) is 0 Å². The summed E-state index contributed by atoms with van der Waals surface area (Å²) in [7, 11) is 5.95. The second kappa shape index (κ2) is 8.32. The molecule has 2 aromatic carbocycles. The molecule has 0 heterocycles. The number of nitrogens with one attached hydrogen (secondary N) is 1. The van der Waals surface area contributed by atoms with Crippen molar-refractivity contribution in [2.24, 2.45) is 0 Å². The molecule has 0 bridgehead atoms. The van der Waals surface area contributed by atoms with Crippen LogP contribution in [0.5, 0.6) is 0 Å². The number of hydrogen-bond acceptors (Lipinski definition) is 4. The van der Waals surface area contributed by atoms with Gasteiger partial charge in [0.25, 0.3) is 0 Å². The summed E-state index contributed by atoms with van der Waals surface area (Å²) < 4.78 is 0. The molecule has 0 unspecified atom stereocenters. The molecule has 2 rings (SSSR count). The molecule has 130 valence electrons. The Hall–Kier alpha value is -2.84. The van der Waals surface area contributed by atoms with E-state index in [1.165, 1.54) is 0 Å². The third-order valence-corrected chi connectivity index (χ3v) is 4.21. The van der Waals surface area contributed by atoms with Crippen LogP contribution in [-0.2, 0) is 11.3 Å². The molecule has 2 aromatic rings. The van der Waals surface area contributed by atoms with Gasteiger partial charge in [-0.3, -0.25) is 9.69 Å². The zero-order valence-electron chi connectivity index (χ0n) is 15.2. The summed E-state index contributed by atoms with van der Waals surface area (Å²) in [5, 5.41) is 11.7. The standard InChI is InChI=1S/C20H24N4O/c1-15(20(25)22-18-9-5-16(13-21)6-10-18)24(4)14-17-7-11-19(12-8-17)23(2)3/h5-12,15H,14H2,1-4H3,(H,22,25)/t15-/m1/s1. The number of likely N-dealkylation sites (N-methyl/N-ethyl adjacent to an activating group) is 1. The van der Waals surface area contributed by atoms with Crippen LogP contribution in [0.3, 0.4) is 0 Å². The van der Waals surface area contributed by atoms with E-state index in [1.54, 1.807) is 24.3 Å². The number of amides is 1. The molecular weight excluding hydrogens is 312 g/mol. The summed E-state index contributed by atoms with van der Waals surface area (Å²) >= 11 is 0. The lowest BCUT2D eigenvalue weighted by Crippen LogP contribution is -2.39. The molecule has 5 heteroatoms. The van der Waals surface area contributed by atoms with E-state index in [4.69, 9.17) is 5.26 Å². The van der Waals surface area contributed by atoms with Crippen LogP contribution < -0.4 is 10.2 Å². The number of hydrogen-bond donors (Lipinski definition) is 1. The normalized spacial score (nSPS) is 11.7. The van der Waals surface area contributed by atoms with E-state index in [-0.39, 0.29) is 11.9 Å². The van der Waals surface area contributed by atoms with Crippen molar-refractivity contribution in [3.05, 3.63) is 59.7 Å². The Labute approximate surface area is 149 Å². The Balaban J connectivity index is 1.94. The number of nitriles is 1. The van der Waals surface area contributed by atoms with E-state index < -0.39 is 0 Å². The smallest absolute Gasteiger partial charge is 0.241 e. The van der Waals surface area contributed by atoms with Gasteiger partial charge in [0.1, 0.15) is 0 Å². The van der Waals surface area contributed by atoms with Gasteiger partial charge in [-0.05, 0) is 55.9 Å². The molecule has 1 amide bonds. The van der Waals surface area contributed by atoms with Crippen molar-refractivity contribution in [3.63, 3.8) is 0 Å². The fourth-order valence-corrected chi connectivity index (χ4v) is 2.40. The maximum absolute atomic E-state index is 12.4. The minimum atomic E-state index is -0.274. The second-order valence-corrected chi connectivity index (χ2v) is 6.33. The summed E-state index contributed by atoms with van der Waals surface area (Å²) in [5.74, 6) is -0.0721. The van der Waals surface area contributed by atoms with Crippen molar-refractivity contribution >= 4 is 17.3 Å². The first-order valence-electron chi connectivity index (χ1n) is 8.18. The minimum absolute atomic E-state index is 0.0721. The third-order valence-electron chi connectivity index (χ3n) is 4.21. The number of rotatable bonds is 6. The van der Waals surface area contributed by atoms with Gasteiger partial charge in [0.15, 0.2) is 0 Å². The lowest BCUT2D eigenvalue weighted by Gasteiger charge is -2.24. The number of carbonyl (C=O) groups is 1. The molecule has 0 spiro atoms. The Morgan fingerprint density at radius 2 is 1.68 bits per heavy atom. The predicted octanol–water partition coefficient (Wildman–Crippen LogP) is 3.08. The van der Waals surface area contributed by atoms with Gasteiger partial charge in [0.2, 0.25) is 5.91 Å². The van der Waals surface area contributed by atoms with Gasteiger partial charge in [-0.2, -0.15) is 5.26 Å². The van der Waals surface area contributed by atoms with Crippen LogP contribution in [0, 0.1) is 11.3 Å². The van der Waals surface area contributed by atoms with Crippen LogP contribution in [-0.4, -0.2) is 38.0 Å². The lowest BCUT2D eigenvalue weighted by molar-refractivity contribution is -0.120. The van der Waals surface area contributed by atoms with Gasteiger partial charge < -0.3 is 10.2 Å². The van der Waals surface area contributed by atoms with Crippen molar-refractivity contribution in [2.75, 3.05) is 31.4 Å². The Kier molecular flexibility index (Phi) is 6.15. The zero-order valence-corrected chi connectivity index (χ0v) is 15.2. The quantitative estimate of drug-likeness (QED) is 0.881. The van der Waals surface area contributed by atoms with Gasteiger partial charge in [-0.25, -0.2) is 0 Å². The highest BCUT2D eigenvalue weighted by atomic mass is 16.2. The molecule has 0 aliphatic heterocycles. The van der Waals surface area contributed by atoms with E-state index >= 15 is 0 Å². The van der Waals surface area contributed by atoms with E-state index in [2.05, 4.69) is 40.6 Å². The molecule has 0 radical (unpaired) electrons. The van der Waals surface area contributed by atoms with Crippen molar-refractivity contribution in [3.8, 4) is 6.07 Å². The molecule has 1 N–H and O–H groups in total. The summed E-state index contributed by atoms with van der Waals surface area (Å²) in [5.41, 5.74) is 3.58. The lowest BCUT2D eigenvalue weighted by atomic mass is 10.1. The molecular formula is C20H24N4O. The van der Waals surface area contributed by atoms with E-state index in [9.17, 15) is 4.79 Å². The average Bonchev–Trinajstić information content (AvgIpc) is 2.62. The van der Waals surface area contributed by atoms with E-state index in [0.29, 0.717) is 17.8 Å². The molecule has 1 atom stereocenters. The van der Waals surface area contributed by atoms with Crippen LogP contribution >= 0.6 is 0 Å². The molecule has 0 aliphatic carbocycles. The average molecular weight is 336 g/mol. The topological polar surface area (TPSA) is 59.4 Å². The summed E-state index contributed by atoms with van der Waals surface area (Å²) in [6.45, 7) is 2.57. The van der Waals surface area contributed by atoms with Crippen LogP contribution in [0.4, 0.5) is 11.4 Å². The SMILES string of the molecule is C[C@H](C(=O)Nc1ccc(C#N)cc1)N(C)Cc1ccc(N(C)C)cc1. The third kappa shape index (κ3) is 5.07. The molecule has 0 saturated heterocycles. The van der Waals surface area contributed by atoms with Crippen molar-refractivity contribution in [2.45, 2.75) is 19.5 Å². The van der Waals surface area contributed by atoms with Gasteiger partial charge in [0.05, 0.1) is 17.7 Å². The fraction of sp³-hybridized carbons (Fsp3) is 0.300. The first-order chi connectivity index (χ1) is 11.9. The number of benzene rings is 2. The highest BCUT2D eigenvalue weighted by Crippen LogP contribution is 2.15. The maximum atomic E-state index is 12.4. The Morgan fingerprint density at radius 3 is 2.20 bits per heavy atom. The van der Waals surface area contributed by atoms with E-state index in [0.717, 1.165) is 11.3 Å². The summed E-state index contributed by atoms with van der Waals surface area (Å²) in [6.07, 6.45) is 0. The zero-order chi connectivity index (χ0) is 18.4. The monoisotopic (exact) mass is 336 g/mol. The molecule has 0 aliphatic rings. The van der Waals surface area contributed by atoms with Gasteiger partial charge in [-0.15, -0.1) is 0 Å². The summed E-state index contributed by atoms with van der Waals surface area (Å²) in [6, 6.07) is 17.0. The van der Waals surface area contributed by atoms with Crippen LogP contribution in [0.1, 0.15) is 18.1 Å². The van der Waals surface area contributed by atoms with Crippen LogP contribution in [0.15, 0.2) is 48.5 Å². The van der Waals surface area contributed by atoms with Gasteiger partial charge in [0, 0.05) is 32.0 Å². The van der Waals surface area contributed by atoms with Crippen LogP contribution in [0.25, 0.3) is 0 Å². The Bertz CT molecular complexity index is 745. The minimum Gasteiger partial charge on any atom is -0.378 e. The van der Waals surface area contributed by atoms with Gasteiger partial charge >= 0.3 is 0 Å². The summed E-state index contributed by atoms with van der Waals surface area (Å²) in [4.78, 5) is 16.5. The highest BCUT2D eigenvalue weighted by Gasteiger charge is 2.18. The van der Waals surface area contributed by atoms with Crippen molar-refractivity contribution in [1.82, 2.24) is 4.90 Å². The van der Waals surface area contributed by atoms with E-state index in [1.807, 2.05) is 33.0 Å². The number of anilines is 2.